The number of likely N-dealkylation sites (tertiary alicyclic amines) is 1. The Kier molecular flexibility index (Phi) is 3.70. The molecule has 0 radical (unpaired) electrons. The normalized spacial score (nSPS) is 18.0. The van der Waals surface area contributed by atoms with E-state index in [1.54, 1.807) is 6.07 Å². The highest BCUT2D eigenvalue weighted by atomic mass is 19.1. The lowest BCUT2D eigenvalue weighted by atomic mass is 9.92. The zero-order chi connectivity index (χ0) is 14.1. The van der Waals surface area contributed by atoms with Gasteiger partial charge in [0, 0.05) is 23.0 Å². The van der Waals surface area contributed by atoms with E-state index in [0.29, 0.717) is 17.5 Å². The van der Waals surface area contributed by atoms with Gasteiger partial charge in [0.05, 0.1) is 0 Å². The number of halogens is 1. The molecule has 1 aromatic heterocycles. The number of para-hydroxylation sites is 1. The van der Waals surface area contributed by atoms with Crippen molar-refractivity contribution < 1.29 is 4.39 Å². The summed E-state index contributed by atoms with van der Waals surface area (Å²) in [6.45, 7) is 6.70. The van der Waals surface area contributed by atoms with Crippen LogP contribution < -0.4 is 0 Å². The number of rotatable bonds is 2. The summed E-state index contributed by atoms with van der Waals surface area (Å²) in [7, 11) is 0. The Hall–Kier alpha value is -1.48. The molecule has 3 heteroatoms. The molecule has 20 heavy (non-hydrogen) atoms. The van der Waals surface area contributed by atoms with Crippen molar-refractivity contribution in [2.45, 2.75) is 38.6 Å². The molecule has 106 valence electrons. The van der Waals surface area contributed by atoms with Crippen LogP contribution in [0, 0.1) is 5.82 Å². The number of benzene rings is 1. The van der Waals surface area contributed by atoms with Crippen molar-refractivity contribution in [3.05, 3.63) is 41.8 Å². The zero-order valence-corrected chi connectivity index (χ0v) is 12.1. The van der Waals surface area contributed by atoms with Crippen LogP contribution in [0.3, 0.4) is 0 Å². The molecule has 2 heterocycles. The average molecular weight is 272 g/mol. The molecule has 0 spiro atoms. The van der Waals surface area contributed by atoms with Gasteiger partial charge in [0.1, 0.15) is 11.3 Å². The van der Waals surface area contributed by atoms with E-state index >= 15 is 0 Å². The SMILES string of the molecule is CC(C)N1CCC(c2ccc3cccc(F)c3n2)CC1. The molecule has 0 atom stereocenters. The Balaban J connectivity index is 1.83. The Labute approximate surface area is 119 Å². The summed E-state index contributed by atoms with van der Waals surface area (Å²) in [6, 6.07) is 9.81. The molecule has 1 aromatic carbocycles. The molecule has 0 N–H and O–H groups in total. The fourth-order valence-electron chi connectivity index (χ4n) is 3.06. The number of hydrogen-bond acceptors (Lipinski definition) is 2. The second-order valence-electron chi connectivity index (χ2n) is 5.95. The van der Waals surface area contributed by atoms with Gasteiger partial charge in [-0.15, -0.1) is 0 Å². The van der Waals surface area contributed by atoms with Crippen molar-refractivity contribution in [3.8, 4) is 0 Å². The van der Waals surface area contributed by atoms with E-state index < -0.39 is 0 Å². The molecular formula is C17H21FN2. The highest BCUT2D eigenvalue weighted by molar-refractivity contribution is 5.79. The monoisotopic (exact) mass is 272 g/mol. The summed E-state index contributed by atoms with van der Waals surface area (Å²) in [5.41, 5.74) is 1.56. The summed E-state index contributed by atoms with van der Waals surface area (Å²) in [6.07, 6.45) is 2.23. The maximum atomic E-state index is 13.8. The first-order valence-corrected chi connectivity index (χ1v) is 7.44. The van der Waals surface area contributed by atoms with Crippen molar-refractivity contribution in [2.75, 3.05) is 13.1 Å². The molecule has 0 unspecified atom stereocenters. The molecular weight excluding hydrogens is 251 g/mol. The van der Waals surface area contributed by atoms with E-state index in [1.165, 1.54) is 6.07 Å². The van der Waals surface area contributed by atoms with E-state index in [-0.39, 0.29) is 5.82 Å². The Bertz CT molecular complexity index is 601. The van der Waals surface area contributed by atoms with Crippen LogP contribution in [-0.2, 0) is 0 Å². The Morgan fingerprint density at radius 1 is 1.15 bits per heavy atom. The maximum absolute atomic E-state index is 13.8. The van der Waals surface area contributed by atoms with Crippen LogP contribution in [-0.4, -0.2) is 29.0 Å². The van der Waals surface area contributed by atoms with Gasteiger partial charge in [-0.3, -0.25) is 0 Å². The van der Waals surface area contributed by atoms with E-state index in [2.05, 4.69) is 29.8 Å². The first-order valence-electron chi connectivity index (χ1n) is 7.44. The number of piperidine rings is 1. The van der Waals surface area contributed by atoms with E-state index in [9.17, 15) is 4.39 Å². The average Bonchev–Trinajstić information content (AvgIpc) is 2.47. The quantitative estimate of drug-likeness (QED) is 0.822. The van der Waals surface area contributed by atoms with Gasteiger partial charge in [0.2, 0.25) is 0 Å². The van der Waals surface area contributed by atoms with Crippen LogP contribution in [0.4, 0.5) is 4.39 Å². The lowest BCUT2D eigenvalue weighted by Gasteiger charge is -2.34. The molecule has 2 aromatic rings. The largest absolute Gasteiger partial charge is 0.301 e. The minimum absolute atomic E-state index is 0.219. The number of aromatic nitrogens is 1. The standard InChI is InChI=1S/C17H21FN2/c1-12(2)20-10-8-13(9-11-20)16-7-6-14-4-3-5-15(18)17(14)19-16/h3-7,12-13H,8-11H2,1-2H3. The Morgan fingerprint density at radius 2 is 1.90 bits per heavy atom. The van der Waals surface area contributed by atoms with Crippen LogP contribution in [0.5, 0.6) is 0 Å². The van der Waals surface area contributed by atoms with Crippen LogP contribution in [0.25, 0.3) is 10.9 Å². The summed E-state index contributed by atoms with van der Waals surface area (Å²) < 4.78 is 13.8. The molecule has 0 amide bonds. The van der Waals surface area contributed by atoms with Gasteiger partial charge < -0.3 is 4.90 Å². The van der Waals surface area contributed by atoms with Gasteiger partial charge in [-0.25, -0.2) is 9.37 Å². The molecule has 1 aliphatic rings. The van der Waals surface area contributed by atoms with Crippen molar-refractivity contribution in [1.29, 1.82) is 0 Å². The summed E-state index contributed by atoms with van der Waals surface area (Å²) in [4.78, 5) is 7.07. The van der Waals surface area contributed by atoms with E-state index in [1.807, 2.05) is 12.1 Å². The topological polar surface area (TPSA) is 16.1 Å². The van der Waals surface area contributed by atoms with Gasteiger partial charge in [0.15, 0.2) is 0 Å². The highest BCUT2D eigenvalue weighted by Gasteiger charge is 2.23. The fourth-order valence-corrected chi connectivity index (χ4v) is 3.06. The summed E-state index contributed by atoms with van der Waals surface area (Å²) in [5.74, 6) is 0.248. The smallest absolute Gasteiger partial charge is 0.149 e. The van der Waals surface area contributed by atoms with Crippen LogP contribution >= 0.6 is 0 Å². The van der Waals surface area contributed by atoms with Crippen LogP contribution in [0.15, 0.2) is 30.3 Å². The lowest BCUT2D eigenvalue weighted by Crippen LogP contribution is -2.37. The van der Waals surface area contributed by atoms with E-state index in [0.717, 1.165) is 37.0 Å². The first-order chi connectivity index (χ1) is 9.65. The predicted molar refractivity (Wildman–Crippen MR) is 80.4 cm³/mol. The summed E-state index contributed by atoms with van der Waals surface area (Å²) >= 11 is 0. The van der Waals surface area contributed by atoms with Crippen LogP contribution in [0.1, 0.15) is 38.3 Å². The molecule has 2 nitrogen and oxygen atoms in total. The van der Waals surface area contributed by atoms with Crippen molar-refractivity contribution in [2.24, 2.45) is 0 Å². The van der Waals surface area contributed by atoms with Gasteiger partial charge in [0.25, 0.3) is 0 Å². The Morgan fingerprint density at radius 3 is 2.60 bits per heavy atom. The third-order valence-electron chi connectivity index (χ3n) is 4.37. The minimum Gasteiger partial charge on any atom is -0.301 e. The molecule has 1 fully saturated rings. The number of fused-ring (bicyclic) bond motifs is 1. The van der Waals surface area contributed by atoms with Gasteiger partial charge in [-0.05, 0) is 51.9 Å². The van der Waals surface area contributed by atoms with Gasteiger partial charge >= 0.3 is 0 Å². The summed E-state index contributed by atoms with van der Waals surface area (Å²) in [5, 5.41) is 0.883. The highest BCUT2D eigenvalue weighted by Crippen LogP contribution is 2.29. The second kappa shape index (κ2) is 5.49. The number of hydrogen-bond donors (Lipinski definition) is 0. The molecule has 1 saturated heterocycles. The molecule has 0 aliphatic carbocycles. The molecule has 0 saturated carbocycles. The number of nitrogens with zero attached hydrogens (tertiary/aromatic N) is 2. The molecule has 1 aliphatic heterocycles. The van der Waals surface area contributed by atoms with Crippen molar-refractivity contribution in [1.82, 2.24) is 9.88 Å². The lowest BCUT2D eigenvalue weighted by molar-refractivity contribution is 0.171. The van der Waals surface area contributed by atoms with Crippen molar-refractivity contribution >= 4 is 10.9 Å². The fraction of sp³-hybridized carbons (Fsp3) is 0.471. The van der Waals surface area contributed by atoms with Crippen LogP contribution in [0.2, 0.25) is 0 Å². The van der Waals surface area contributed by atoms with E-state index in [4.69, 9.17) is 0 Å². The zero-order valence-electron chi connectivity index (χ0n) is 12.1. The molecule has 3 rings (SSSR count). The second-order valence-corrected chi connectivity index (χ2v) is 5.95. The first kappa shape index (κ1) is 13.5. The van der Waals surface area contributed by atoms with Crippen molar-refractivity contribution in [3.63, 3.8) is 0 Å². The number of pyridine rings is 1. The van der Waals surface area contributed by atoms with Gasteiger partial charge in [-0.1, -0.05) is 18.2 Å². The van der Waals surface area contributed by atoms with Gasteiger partial charge in [-0.2, -0.15) is 0 Å². The predicted octanol–water partition coefficient (Wildman–Crippen LogP) is 3.96. The minimum atomic E-state index is -0.219. The third-order valence-corrected chi connectivity index (χ3v) is 4.37. The third kappa shape index (κ3) is 2.55. The maximum Gasteiger partial charge on any atom is 0.149 e. The molecule has 0 bridgehead atoms.